The van der Waals surface area contributed by atoms with Crippen LogP contribution in [0.1, 0.15) is 52.4 Å². The number of methoxy groups -OCH3 is 1. The van der Waals surface area contributed by atoms with E-state index in [-0.39, 0.29) is 0 Å². The lowest BCUT2D eigenvalue weighted by Crippen LogP contribution is -2.36. The summed E-state index contributed by atoms with van der Waals surface area (Å²) >= 11 is 0. The summed E-state index contributed by atoms with van der Waals surface area (Å²) in [5.41, 5.74) is 0. The molecule has 0 aliphatic heterocycles. The molecule has 2 atom stereocenters. The lowest BCUT2D eigenvalue weighted by Gasteiger charge is -2.24. The molecule has 98 valence electrons. The molecule has 0 N–H and O–H groups in total. The van der Waals surface area contributed by atoms with Crippen molar-refractivity contribution < 1.29 is 17.9 Å². The molecule has 0 heterocycles. The van der Waals surface area contributed by atoms with Gasteiger partial charge < -0.3 is 4.74 Å². The van der Waals surface area contributed by atoms with Gasteiger partial charge in [-0.3, -0.25) is 0 Å². The molecule has 0 saturated carbocycles. The average molecular weight is 240 g/mol. The summed E-state index contributed by atoms with van der Waals surface area (Å²) in [5.74, 6) is -0.452. The van der Waals surface area contributed by atoms with Gasteiger partial charge in [0.15, 0.2) is 6.10 Å². The highest BCUT2D eigenvalue weighted by atomic mass is 19.4. The Labute approximate surface area is 96.4 Å². The van der Waals surface area contributed by atoms with Crippen molar-refractivity contribution in [3.63, 3.8) is 0 Å². The molecule has 0 fully saturated rings. The van der Waals surface area contributed by atoms with Crippen molar-refractivity contribution in [1.82, 2.24) is 0 Å². The van der Waals surface area contributed by atoms with Gasteiger partial charge in [-0.05, 0) is 12.3 Å². The van der Waals surface area contributed by atoms with E-state index < -0.39 is 18.2 Å². The van der Waals surface area contributed by atoms with Crippen molar-refractivity contribution in [2.75, 3.05) is 7.11 Å². The van der Waals surface area contributed by atoms with Crippen LogP contribution in [0.25, 0.3) is 0 Å². The molecule has 0 aromatic carbocycles. The van der Waals surface area contributed by atoms with Gasteiger partial charge in [0.2, 0.25) is 0 Å². The molecule has 0 radical (unpaired) electrons. The first-order valence-electron chi connectivity index (χ1n) is 6.03. The number of unbranched alkanes of at least 4 members (excludes halogenated alkanes) is 4. The molecule has 0 bridgehead atoms. The van der Waals surface area contributed by atoms with Gasteiger partial charge in [-0.15, -0.1) is 0 Å². The minimum atomic E-state index is -4.24. The number of rotatable bonds is 8. The highest BCUT2D eigenvalue weighted by Gasteiger charge is 2.42. The second-order valence-electron chi connectivity index (χ2n) is 4.38. The number of ether oxygens (including phenoxy) is 1. The van der Waals surface area contributed by atoms with E-state index in [9.17, 15) is 13.2 Å². The molecule has 16 heavy (non-hydrogen) atoms. The van der Waals surface area contributed by atoms with E-state index in [2.05, 4.69) is 11.7 Å². The standard InChI is InChI=1S/C12H23F3O/c1-4-5-6-7-8-9-10(2)11(16-3)12(13,14)15/h10-11H,4-9H2,1-3H3. The van der Waals surface area contributed by atoms with Crippen LogP contribution < -0.4 is 0 Å². The first-order chi connectivity index (χ1) is 7.43. The third kappa shape index (κ3) is 6.36. The lowest BCUT2D eigenvalue weighted by molar-refractivity contribution is -0.227. The largest absolute Gasteiger partial charge is 0.414 e. The fourth-order valence-corrected chi connectivity index (χ4v) is 1.91. The maximum absolute atomic E-state index is 12.5. The Balaban J connectivity index is 3.81. The first-order valence-corrected chi connectivity index (χ1v) is 6.03. The van der Waals surface area contributed by atoms with Gasteiger partial charge in [0.1, 0.15) is 0 Å². The zero-order chi connectivity index (χ0) is 12.6. The van der Waals surface area contributed by atoms with Crippen LogP contribution in [0.3, 0.4) is 0 Å². The van der Waals surface area contributed by atoms with Crippen molar-refractivity contribution in [1.29, 1.82) is 0 Å². The fraction of sp³-hybridized carbons (Fsp3) is 1.00. The maximum atomic E-state index is 12.5. The third-order valence-corrected chi connectivity index (χ3v) is 2.86. The molecule has 0 rings (SSSR count). The highest BCUT2D eigenvalue weighted by molar-refractivity contribution is 4.73. The molecule has 0 aromatic heterocycles. The Morgan fingerprint density at radius 2 is 1.62 bits per heavy atom. The molecule has 0 aromatic rings. The predicted molar refractivity (Wildman–Crippen MR) is 59.4 cm³/mol. The summed E-state index contributed by atoms with van der Waals surface area (Å²) < 4.78 is 42.0. The second-order valence-corrected chi connectivity index (χ2v) is 4.38. The molecule has 4 heteroatoms. The monoisotopic (exact) mass is 240 g/mol. The van der Waals surface area contributed by atoms with Crippen molar-refractivity contribution in [3.8, 4) is 0 Å². The van der Waals surface area contributed by atoms with Gasteiger partial charge in [0, 0.05) is 7.11 Å². The predicted octanol–water partition coefficient (Wildman–Crippen LogP) is 4.56. The SMILES string of the molecule is CCCCCCCC(C)C(OC)C(F)(F)F. The highest BCUT2D eigenvalue weighted by Crippen LogP contribution is 2.30. The van der Waals surface area contributed by atoms with Crippen molar-refractivity contribution >= 4 is 0 Å². The summed E-state index contributed by atoms with van der Waals surface area (Å²) in [5, 5.41) is 0. The zero-order valence-corrected chi connectivity index (χ0v) is 10.4. The van der Waals surface area contributed by atoms with E-state index in [1.807, 2.05) is 0 Å². The van der Waals surface area contributed by atoms with Crippen molar-refractivity contribution in [3.05, 3.63) is 0 Å². The van der Waals surface area contributed by atoms with Crippen LogP contribution in [0.5, 0.6) is 0 Å². The molecule has 0 amide bonds. The Morgan fingerprint density at radius 3 is 2.06 bits per heavy atom. The topological polar surface area (TPSA) is 9.23 Å². The first kappa shape index (κ1) is 15.8. The van der Waals surface area contributed by atoms with Crippen LogP contribution in [0.2, 0.25) is 0 Å². The molecule has 1 nitrogen and oxygen atoms in total. The Bertz CT molecular complexity index is 168. The Kier molecular flexibility index (Phi) is 7.81. The zero-order valence-electron chi connectivity index (χ0n) is 10.4. The van der Waals surface area contributed by atoms with E-state index >= 15 is 0 Å². The van der Waals surface area contributed by atoms with E-state index in [0.717, 1.165) is 32.8 Å². The molecular formula is C12H23F3O. The number of hydrogen-bond donors (Lipinski definition) is 0. The molecule has 2 unspecified atom stereocenters. The lowest BCUT2D eigenvalue weighted by atomic mass is 9.96. The molecule has 0 saturated heterocycles. The summed E-state index contributed by atoms with van der Waals surface area (Å²) in [4.78, 5) is 0. The number of hydrogen-bond acceptors (Lipinski definition) is 1. The fourth-order valence-electron chi connectivity index (χ4n) is 1.91. The van der Waals surface area contributed by atoms with E-state index in [1.165, 1.54) is 6.42 Å². The summed E-state index contributed by atoms with van der Waals surface area (Å²) in [6, 6.07) is 0. The third-order valence-electron chi connectivity index (χ3n) is 2.86. The summed E-state index contributed by atoms with van der Waals surface area (Å²) in [6.45, 7) is 3.73. The van der Waals surface area contributed by atoms with Gasteiger partial charge in [-0.2, -0.15) is 13.2 Å². The van der Waals surface area contributed by atoms with Crippen LogP contribution in [-0.4, -0.2) is 19.4 Å². The van der Waals surface area contributed by atoms with Crippen LogP contribution in [-0.2, 0) is 4.74 Å². The Hall–Kier alpha value is -0.250. The van der Waals surface area contributed by atoms with Gasteiger partial charge in [0.25, 0.3) is 0 Å². The van der Waals surface area contributed by atoms with Crippen LogP contribution >= 0.6 is 0 Å². The van der Waals surface area contributed by atoms with Gasteiger partial charge in [-0.25, -0.2) is 0 Å². The smallest absolute Gasteiger partial charge is 0.372 e. The van der Waals surface area contributed by atoms with E-state index in [4.69, 9.17) is 0 Å². The molecule has 0 spiro atoms. The van der Waals surface area contributed by atoms with E-state index in [1.54, 1.807) is 6.92 Å². The van der Waals surface area contributed by atoms with Crippen molar-refractivity contribution in [2.45, 2.75) is 64.7 Å². The number of alkyl halides is 3. The number of halogens is 3. The van der Waals surface area contributed by atoms with Crippen LogP contribution in [0.15, 0.2) is 0 Å². The normalized spacial score (nSPS) is 16.1. The van der Waals surface area contributed by atoms with Crippen LogP contribution in [0, 0.1) is 5.92 Å². The molecule has 0 aliphatic carbocycles. The Morgan fingerprint density at radius 1 is 1.06 bits per heavy atom. The van der Waals surface area contributed by atoms with Crippen LogP contribution in [0.4, 0.5) is 13.2 Å². The minimum Gasteiger partial charge on any atom is -0.372 e. The molecular weight excluding hydrogens is 217 g/mol. The quantitative estimate of drug-likeness (QED) is 0.565. The average Bonchev–Trinajstić information content (AvgIpc) is 2.16. The summed E-state index contributed by atoms with van der Waals surface area (Å²) in [6.07, 6.45) is 0.0503. The summed E-state index contributed by atoms with van der Waals surface area (Å²) in [7, 11) is 1.13. The maximum Gasteiger partial charge on any atom is 0.414 e. The minimum absolute atomic E-state index is 0.452. The van der Waals surface area contributed by atoms with E-state index in [0.29, 0.717) is 6.42 Å². The van der Waals surface area contributed by atoms with Gasteiger partial charge >= 0.3 is 6.18 Å². The van der Waals surface area contributed by atoms with Gasteiger partial charge in [0.05, 0.1) is 0 Å². The van der Waals surface area contributed by atoms with Gasteiger partial charge in [-0.1, -0.05) is 46.0 Å². The van der Waals surface area contributed by atoms with Crippen molar-refractivity contribution in [2.24, 2.45) is 5.92 Å². The second kappa shape index (κ2) is 7.93. The molecule has 0 aliphatic rings.